The predicted octanol–water partition coefficient (Wildman–Crippen LogP) is 0.401. The van der Waals surface area contributed by atoms with Crippen LogP contribution in [0.15, 0.2) is 24.3 Å². The molecule has 0 aliphatic rings. The molecular formula is C10H9N5O2. The van der Waals surface area contributed by atoms with Gasteiger partial charge in [0.2, 0.25) is 11.9 Å². The molecule has 0 saturated heterocycles. The van der Waals surface area contributed by atoms with Crippen molar-refractivity contribution in [3.63, 3.8) is 0 Å². The summed E-state index contributed by atoms with van der Waals surface area (Å²) in [5, 5.41) is 9.03. The van der Waals surface area contributed by atoms with Gasteiger partial charge < -0.3 is 16.6 Å². The third-order valence-electron chi connectivity index (χ3n) is 2.07. The number of anilines is 2. The first-order valence-corrected chi connectivity index (χ1v) is 4.67. The van der Waals surface area contributed by atoms with Crippen LogP contribution in [-0.2, 0) is 0 Å². The maximum atomic E-state index is 11.0. The molecule has 1 aromatic carbocycles. The summed E-state index contributed by atoms with van der Waals surface area (Å²) < 4.78 is 0. The van der Waals surface area contributed by atoms with Crippen molar-refractivity contribution in [1.29, 1.82) is 0 Å². The summed E-state index contributed by atoms with van der Waals surface area (Å²) in [4.78, 5) is 22.4. The number of nitrogen functional groups attached to an aromatic ring is 2. The Hall–Kier alpha value is -2.70. The lowest BCUT2D eigenvalue weighted by Crippen LogP contribution is -2.07. The maximum absolute atomic E-state index is 11.0. The Morgan fingerprint density at radius 3 is 2.24 bits per heavy atom. The van der Waals surface area contributed by atoms with E-state index >= 15 is 0 Å². The number of aromatic nitrogens is 3. The largest absolute Gasteiger partial charge is 0.478 e. The van der Waals surface area contributed by atoms with E-state index < -0.39 is 5.97 Å². The molecule has 0 aliphatic carbocycles. The molecule has 0 unspecified atom stereocenters. The molecule has 86 valence electrons. The number of carboxylic acids is 1. The van der Waals surface area contributed by atoms with Crippen molar-refractivity contribution in [2.75, 3.05) is 11.5 Å². The zero-order valence-corrected chi connectivity index (χ0v) is 8.66. The van der Waals surface area contributed by atoms with Crippen molar-refractivity contribution in [2.24, 2.45) is 0 Å². The fourth-order valence-corrected chi connectivity index (χ4v) is 1.39. The Morgan fingerprint density at radius 1 is 1.06 bits per heavy atom. The number of carbonyl (C=O) groups is 1. The standard InChI is InChI=1S/C10H9N5O2/c11-9-13-7(14-10(12)15-9)5-3-1-2-4-6(5)8(16)17/h1-4H,(H,16,17)(H4,11,12,13,14,15). The first-order valence-electron chi connectivity index (χ1n) is 4.67. The number of hydrogen-bond acceptors (Lipinski definition) is 6. The quantitative estimate of drug-likeness (QED) is 0.682. The van der Waals surface area contributed by atoms with Gasteiger partial charge in [0.1, 0.15) is 0 Å². The smallest absolute Gasteiger partial charge is 0.336 e. The Morgan fingerprint density at radius 2 is 1.65 bits per heavy atom. The molecule has 0 radical (unpaired) electrons. The zero-order valence-electron chi connectivity index (χ0n) is 8.66. The molecule has 0 aliphatic heterocycles. The summed E-state index contributed by atoms with van der Waals surface area (Å²) >= 11 is 0. The Balaban J connectivity index is 2.64. The highest BCUT2D eigenvalue weighted by Crippen LogP contribution is 2.20. The molecule has 7 nitrogen and oxygen atoms in total. The second-order valence-electron chi connectivity index (χ2n) is 3.23. The van der Waals surface area contributed by atoms with E-state index in [1.807, 2.05) is 0 Å². The molecule has 17 heavy (non-hydrogen) atoms. The number of carboxylic acid groups (broad SMARTS) is 1. The molecule has 0 atom stereocenters. The van der Waals surface area contributed by atoms with Gasteiger partial charge in [0.05, 0.1) is 5.56 Å². The van der Waals surface area contributed by atoms with Crippen LogP contribution >= 0.6 is 0 Å². The lowest BCUT2D eigenvalue weighted by Gasteiger charge is -2.05. The van der Waals surface area contributed by atoms with Gasteiger partial charge in [-0.05, 0) is 6.07 Å². The summed E-state index contributed by atoms with van der Waals surface area (Å²) in [6.07, 6.45) is 0. The van der Waals surface area contributed by atoms with Crippen LogP contribution in [0.4, 0.5) is 11.9 Å². The van der Waals surface area contributed by atoms with E-state index in [4.69, 9.17) is 16.6 Å². The van der Waals surface area contributed by atoms with E-state index in [-0.39, 0.29) is 23.3 Å². The lowest BCUT2D eigenvalue weighted by molar-refractivity contribution is 0.0697. The van der Waals surface area contributed by atoms with Crippen LogP contribution in [0.3, 0.4) is 0 Å². The van der Waals surface area contributed by atoms with Crippen LogP contribution in [0.25, 0.3) is 11.4 Å². The molecular weight excluding hydrogens is 222 g/mol. The molecule has 7 heteroatoms. The minimum atomic E-state index is -1.07. The number of benzene rings is 1. The van der Waals surface area contributed by atoms with E-state index in [9.17, 15) is 4.79 Å². The summed E-state index contributed by atoms with van der Waals surface area (Å²) in [7, 11) is 0. The Bertz CT molecular complexity index is 564. The van der Waals surface area contributed by atoms with E-state index in [0.29, 0.717) is 5.56 Å². The fraction of sp³-hybridized carbons (Fsp3) is 0. The van der Waals surface area contributed by atoms with Gasteiger partial charge in [-0.1, -0.05) is 18.2 Å². The fourth-order valence-electron chi connectivity index (χ4n) is 1.39. The van der Waals surface area contributed by atoms with Gasteiger partial charge >= 0.3 is 5.97 Å². The lowest BCUT2D eigenvalue weighted by atomic mass is 10.1. The molecule has 0 bridgehead atoms. The van der Waals surface area contributed by atoms with Crippen molar-refractivity contribution < 1.29 is 9.90 Å². The van der Waals surface area contributed by atoms with Gasteiger partial charge in [0.25, 0.3) is 0 Å². The van der Waals surface area contributed by atoms with Crippen LogP contribution in [0.5, 0.6) is 0 Å². The van der Waals surface area contributed by atoms with Crippen molar-refractivity contribution in [1.82, 2.24) is 15.0 Å². The third-order valence-corrected chi connectivity index (χ3v) is 2.07. The summed E-state index contributed by atoms with van der Waals surface area (Å²) in [6.45, 7) is 0. The normalized spacial score (nSPS) is 10.1. The first-order chi connectivity index (χ1) is 8.08. The van der Waals surface area contributed by atoms with E-state index in [2.05, 4.69) is 15.0 Å². The van der Waals surface area contributed by atoms with Crippen molar-refractivity contribution in [3.05, 3.63) is 29.8 Å². The minimum Gasteiger partial charge on any atom is -0.478 e. The van der Waals surface area contributed by atoms with Crippen LogP contribution < -0.4 is 11.5 Å². The van der Waals surface area contributed by atoms with Crippen LogP contribution in [0.1, 0.15) is 10.4 Å². The molecule has 2 aromatic rings. The summed E-state index contributed by atoms with van der Waals surface area (Å²) in [5.41, 5.74) is 11.3. The average Bonchev–Trinajstić information content (AvgIpc) is 2.27. The summed E-state index contributed by atoms with van der Waals surface area (Å²) in [6, 6.07) is 6.32. The van der Waals surface area contributed by atoms with Gasteiger partial charge in [-0.15, -0.1) is 0 Å². The van der Waals surface area contributed by atoms with Crippen LogP contribution in [-0.4, -0.2) is 26.0 Å². The number of hydrogen-bond donors (Lipinski definition) is 3. The van der Waals surface area contributed by atoms with Crippen LogP contribution in [0, 0.1) is 0 Å². The molecule has 2 rings (SSSR count). The third kappa shape index (κ3) is 2.12. The van der Waals surface area contributed by atoms with Gasteiger partial charge in [0, 0.05) is 5.56 Å². The maximum Gasteiger partial charge on any atom is 0.336 e. The van der Waals surface area contributed by atoms with E-state index in [1.54, 1.807) is 18.2 Å². The number of aromatic carboxylic acids is 1. The molecule has 0 fully saturated rings. The molecule has 0 amide bonds. The first kappa shape index (κ1) is 10.8. The second-order valence-corrected chi connectivity index (χ2v) is 3.23. The van der Waals surface area contributed by atoms with Crippen molar-refractivity contribution in [3.8, 4) is 11.4 Å². The molecule has 5 N–H and O–H groups in total. The highest BCUT2D eigenvalue weighted by atomic mass is 16.4. The highest BCUT2D eigenvalue weighted by Gasteiger charge is 2.14. The molecule has 0 saturated carbocycles. The highest BCUT2D eigenvalue weighted by molar-refractivity contribution is 5.95. The van der Waals surface area contributed by atoms with Gasteiger partial charge in [-0.2, -0.15) is 15.0 Å². The molecule has 1 heterocycles. The zero-order chi connectivity index (χ0) is 12.4. The van der Waals surface area contributed by atoms with Gasteiger partial charge in [-0.3, -0.25) is 0 Å². The average molecular weight is 231 g/mol. The van der Waals surface area contributed by atoms with E-state index in [0.717, 1.165) is 0 Å². The summed E-state index contributed by atoms with van der Waals surface area (Å²) in [5.74, 6) is -1.02. The SMILES string of the molecule is Nc1nc(N)nc(-c2ccccc2C(=O)O)n1. The van der Waals surface area contributed by atoms with Crippen molar-refractivity contribution in [2.45, 2.75) is 0 Å². The van der Waals surface area contributed by atoms with Crippen LogP contribution in [0.2, 0.25) is 0 Å². The topological polar surface area (TPSA) is 128 Å². The predicted molar refractivity (Wildman–Crippen MR) is 61.0 cm³/mol. The van der Waals surface area contributed by atoms with Crippen molar-refractivity contribution >= 4 is 17.9 Å². The molecule has 1 aromatic heterocycles. The second kappa shape index (κ2) is 4.05. The monoisotopic (exact) mass is 231 g/mol. The number of nitrogens with two attached hydrogens (primary N) is 2. The Labute approximate surface area is 96.1 Å². The van der Waals surface area contributed by atoms with Gasteiger partial charge in [-0.25, -0.2) is 4.79 Å². The molecule has 0 spiro atoms. The Kier molecular flexibility index (Phi) is 2.57. The number of rotatable bonds is 2. The van der Waals surface area contributed by atoms with E-state index in [1.165, 1.54) is 6.07 Å². The van der Waals surface area contributed by atoms with Gasteiger partial charge in [0.15, 0.2) is 5.82 Å². The minimum absolute atomic E-state index is 0.0484. The number of nitrogens with zero attached hydrogens (tertiary/aromatic N) is 3.